The molecule has 90 valence electrons. The van der Waals surface area contributed by atoms with Crippen LogP contribution in [-0.2, 0) is 13.0 Å². The van der Waals surface area contributed by atoms with E-state index in [1.165, 1.54) is 11.1 Å². The second-order valence-electron chi connectivity index (χ2n) is 4.05. The van der Waals surface area contributed by atoms with Gasteiger partial charge in [0.25, 0.3) is 0 Å². The van der Waals surface area contributed by atoms with Gasteiger partial charge in [-0.1, -0.05) is 13.0 Å². The van der Waals surface area contributed by atoms with Crippen molar-refractivity contribution in [3.05, 3.63) is 51.9 Å². The van der Waals surface area contributed by atoms with E-state index in [-0.39, 0.29) is 0 Å². The zero-order chi connectivity index (χ0) is 12.3. The second kappa shape index (κ2) is 5.41. The van der Waals surface area contributed by atoms with Crippen LogP contribution in [0.5, 0.6) is 0 Å². The van der Waals surface area contributed by atoms with Gasteiger partial charge in [-0.15, -0.1) is 0 Å². The third-order valence-electron chi connectivity index (χ3n) is 2.83. The van der Waals surface area contributed by atoms with E-state index in [0.717, 1.165) is 22.5 Å². The summed E-state index contributed by atoms with van der Waals surface area (Å²) in [6.07, 6.45) is 1.06. The van der Waals surface area contributed by atoms with Gasteiger partial charge in [-0.25, -0.2) is 0 Å². The number of halogens is 1. The number of benzene rings is 1. The Kier molecular flexibility index (Phi) is 3.89. The molecule has 1 aromatic carbocycles. The molecule has 0 aliphatic carbocycles. The molecule has 0 radical (unpaired) electrons. The maximum absolute atomic E-state index is 5.44. The Morgan fingerprint density at radius 3 is 2.71 bits per heavy atom. The van der Waals surface area contributed by atoms with E-state index in [1.54, 1.807) is 0 Å². The molecule has 0 spiro atoms. The topological polar surface area (TPSA) is 25.2 Å². The summed E-state index contributed by atoms with van der Waals surface area (Å²) in [6.45, 7) is 5.03. The van der Waals surface area contributed by atoms with E-state index in [4.69, 9.17) is 4.42 Å². The van der Waals surface area contributed by atoms with Crippen molar-refractivity contribution in [3.8, 4) is 0 Å². The van der Waals surface area contributed by atoms with Crippen molar-refractivity contribution in [1.29, 1.82) is 0 Å². The fourth-order valence-corrected chi connectivity index (χ4v) is 2.14. The summed E-state index contributed by atoms with van der Waals surface area (Å²) in [5.41, 5.74) is 3.87. The van der Waals surface area contributed by atoms with Gasteiger partial charge in [0.05, 0.1) is 6.54 Å². The van der Waals surface area contributed by atoms with Gasteiger partial charge in [0.2, 0.25) is 0 Å². The van der Waals surface area contributed by atoms with Gasteiger partial charge in [-0.2, -0.15) is 0 Å². The minimum atomic E-state index is 0.706. The lowest BCUT2D eigenvalue weighted by Crippen LogP contribution is -1.99. The number of aryl methyl sites for hydroxylation is 2. The van der Waals surface area contributed by atoms with Gasteiger partial charge in [-0.3, -0.25) is 0 Å². The van der Waals surface area contributed by atoms with Gasteiger partial charge < -0.3 is 9.73 Å². The van der Waals surface area contributed by atoms with Gasteiger partial charge in [0.1, 0.15) is 5.76 Å². The van der Waals surface area contributed by atoms with Crippen LogP contribution in [0.25, 0.3) is 0 Å². The number of anilines is 1. The summed E-state index contributed by atoms with van der Waals surface area (Å²) >= 11 is 3.30. The molecule has 0 unspecified atom stereocenters. The first-order valence-electron chi connectivity index (χ1n) is 5.76. The Balaban J connectivity index is 2.04. The predicted octanol–water partition coefficient (Wildman–Crippen LogP) is 4.53. The molecule has 17 heavy (non-hydrogen) atoms. The first-order valence-corrected chi connectivity index (χ1v) is 6.56. The molecule has 0 atom stereocenters. The summed E-state index contributed by atoms with van der Waals surface area (Å²) in [4.78, 5) is 0. The van der Waals surface area contributed by atoms with Gasteiger partial charge in [0.15, 0.2) is 4.67 Å². The summed E-state index contributed by atoms with van der Waals surface area (Å²) in [6, 6.07) is 10.3. The lowest BCUT2D eigenvalue weighted by Gasteiger charge is -2.08. The fourth-order valence-electron chi connectivity index (χ4n) is 1.80. The smallest absolute Gasteiger partial charge is 0.169 e. The maximum atomic E-state index is 5.44. The van der Waals surface area contributed by atoms with Crippen LogP contribution in [0.1, 0.15) is 23.8 Å². The molecule has 0 fully saturated rings. The zero-order valence-electron chi connectivity index (χ0n) is 10.1. The molecule has 2 nitrogen and oxygen atoms in total. The second-order valence-corrected chi connectivity index (χ2v) is 4.84. The van der Waals surface area contributed by atoms with Crippen LogP contribution in [0, 0.1) is 6.92 Å². The highest BCUT2D eigenvalue weighted by molar-refractivity contribution is 9.10. The van der Waals surface area contributed by atoms with Crippen LogP contribution < -0.4 is 5.32 Å². The molecule has 1 aromatic heterocycles. The van der Waals surface area contributed by atoms with Crippen molar-refractivity contribution in [3.63, 3.8) is 0 Å². The number of furan rings is 1. The highest BCUT2D eigenvalue weighted by Crippen LogP contribution is 2.18. The number of hydrogen-bond donors (Lipinski definition) is 1. The first-order chi connectivity index (χ1) is 8.19. The Hall–Kier alpha value is -1.22. The fraction of sp³-hybridized carbons (Fsp3) is 0.286. The van der Waals surface area contributed by atoms with Crippen molar-refractivity contribution in [2.24, 2.45) is 0 Å². The molecule has 1 heterocycles. The third kappa shape index (κ3) is 3.13. The van der Waals surface area contributed by atoms with Crippen LogP contribution in [0.15, 0.2) is 39.4 Å². The average Bonchev–Trinajstić information content (AvgIpc) is 2.74. The highest BCUT2D eigenvalue weighted by atomic mass is 79.9. The lowest BCUT2D eigenvalue weighted by atomic mass is 10.1. The van der Waals surface area contributed by atoms with Crippen molar-refractivity contribution in [1.82, 2.24) is 0 Å². The number of hydrogen-bond acceptors (Lipinski definition) is 2. The SMILES string of the molecule is CCc1cc(NCc2ccc(Br)o2)ccc1C. The van der Waals surface area contributed by atoms with Crippen LogP contribution in [0.2, 0.25) is 0 Å². The molecule has 1 N–H and O–H groups in total. The zero-order valence-corrected chi connectivity index (χ0v) is 11.7. The molecule has 0 aliphatic heterocycles. The van der Waals surface area contributed by atoms with E-state index in [1.807, 2.05) is 12.1 Å². The van der Waals surface area contributed by atoms with Crippen LogP contribution in [0.3, 0.4) is 0 Å². The monoisotopic (exact) mass is 293 g/mol. The minimum absolute atomic E-state index is 0.706. The summed E-state index contributed by atoms with van der Waals surface area (Å²) in [7, 11) is 0. The summed E-state index contributed by atoms with van der Waals surface area (Å²) in [5.74, 6) is 0.926. The van der Waals surface area contributed by atoms with Gasteiger partial charge in [-0.05, 0) is 64.7 Å². The average molecular weight is 294 g/mol. The maximum Gasteiger partial charge on any atom is 0.169 e. The number of rotatable bonds is 4. The quantitative estimate of drug-likeness (QED) is 0.896. The summed E-state index contributed by atoms with van der Waals surface area (Å²) < 4.78 is 6.21. The van der Waals surface area contributed by atoms with Crippen LogP contribution >= 0.6 is 15.9 Å². The number of nitrogens with one attached hydrogen (secondary N) is 1. The molecule has 0 amide bonds. The Morgan fingerprint density at radius 1 is 1.24 bits per heavy atom. The highest BCUT2D eigenvalue weighted by Gasteiger charge is 2.01. The Morgan fingerprint density at radius 2 is 2.06 bits per heavy atom. The molecular weight excluding hydrogens is 278 g/mol. The van der Waals surface area contributed by atoms with Crippen LogP contribution in [0.4, 0.5) is 5.69 Å². The molecule has 3 heteroatoms. The standard InChI is InChI=1S/C14H16BrNO/c1-3-11-8-12(5-4-10(11)2)16-9-13-6-7-14(15)17-13/h4-8,16H,3,9H2,1-2H3. The molecule has 2 rings (SSSR count). The van der Waals surface area contributed by atoms with Crippen LogP contribution in [-0.4, -0.2) is 0 Å². The van der Waals surface area contributed by atoms with Crippen molar-refractivity contribution in [2.45, 2.75) is 26.8 Å². The van der Waals surface area contributed by atoms with Crippen molar-refractivity contribution < 1.29 is 4.42 Å². The predicted molar refractivity (Wildman–Crippen MR) is 74.3 cm³/mol. The Bertz CT molecular complexity index is 505. The minimum Gasteiger partial charge on any atom is -0.452 e. The van der Waals surface area contributed by atoms with Gasteiger partial charge in [0, 0.05) is 5.69 Å². The van der Waals surface area contributed by atoms with E-state index in [2.05, 4.69) is 53.3 Å². The molecule has 0 aliphatic rings. The van der Waals surface area contributed by atoms with Crippen molar-refractivity contribution >= 4 is 21.6 Å². The molecular formula is C14H16BrNO. The largest absolute Gasteiger partial charge is 0.452 e. The normalized spacial score (nSPS) is 10.5. The van der Waals surface area contributed by atoms with E-state index in [9.17, 15) is 0 Å². The Labute approximate surface area is 110 Å². The molecule has 0 saturated heterocycles. The van der Waals surface area contributed by atoms with E-state index >= 15 is 0 Å². The van der Waals surface area contributed by atoms with E-state index < -0.39 is 0 Å². The summed E-state index contributed by atoms with van der Waals surface area (Å²) in [5, 5.41) is 3.36. The molecule has 2 aromatic rings. The third-order valence-corrected chi connectivity index (χ3v) is 3.25. The van der Waals surface area contributed by atoms with E-state index in [0.29, 0.717) is 6.54 Å². The molecule has 0 saturated carbocycles. The molecule has 0 bridgehead atoms. The lowest BCUT2D eigenvalue weighted by molar-refractivity contribution is 0.495. The van der Waals surface area contributed by atoms with Crippen molar-refractivity contribution in [2.75, 3.05) is 5.32 Å². The van der Waals surface area contributed by atoms with Gasteiger partial charge >= 0.3 is 0 Å². The first kappa shape index (κ1) is 12.2.